The predicted molar refractivity (Wildman–Crippen MR) is 93.3 cm³/mol. The van der Waals surface area contributed by atoms with E-state index in [4.69, 9.17) is 0 Å². The molecule has 0 radical (unpaired) electrons. The Morgan fingerprint density at radius 3 is 2.19 bits per heavy atom. The number of halogens is 3. The summed E-state index contributed by atoms with van der Waals surface area (Å²) in [6, 6.07) is 6.57. The first kappa shape index (κ1) is 18.9. The lowest BCUT2D eigenvalue weighted by Gasteiger charge is -2.16. The Morgan fingerprint density at radius 2 is 1.70 bits per heavy atom. The van der Waals surface area contributed by atoms with Gasteiger partial charge in [0.05, 0.1) is 0 Å². The normalized spacial score (nSPS) is 15.3. The number of rotatable bonds is 5. The monoisotopic (exact) mass is 380 g/mol. The van der Waals surface area contributed by atoms with E-state index in [2.05, 4.69) is 15.7 Å². The Morgan fingerprint density at radius 1 is 1.15 bits per heavy atom. The molecule has 2 N–H and O–H groups in total. The van der Waals surface area contributed by atoms with Crippen LogP contribution in [0.5, 0.6) is 0 Å². The molecule has 1 saturated carbocycles. The summed E-state index contributed by atoms with van der Waals surface area (Å²) in [5.41, 5.74) is 0.498. The van der Waals surface area contributed by atoms with Crippen LogP contribution in [0.1, 0.15) is 50.0 Å². The summed E-state index contributed by atoms with van der Waals surface area (Å²) in [6.45, 7) is 2.90. The minimum atomic E-state index is -4.55. The maximum absolute atomic E-state index is 13.0. The molecule has 1 aromatic carbocycles. The zero-order chi connectivity index (χ0) is 19.8. The Balaban J connectivity index is 1.75. The third-order valence-corrected chi connectivity index (χ3v) is 4.27. The first-order chi connectivity index (χ1) is 12.6. The Labute approximate surface area is 153 Å². The summed E-state index contributed by atoms with van der Waals surface area (Å²) in [6.07, 6.45) is -2.96. The summed E-state index contributed by atoms with van der Waals surface area (Å²) >= 11 is 0. The predicted octanol–water partition coefficient (Wildman–Crippen LogP) is 3.94. The highest BCUT2D eigenvalue weighted by molar-refractivity contribution is 5.94. The van der Waals surface area contributed by atoms with Crippen LogP contribution in [0.2, 0.25) is 0 Å². The molecule has 1 aliphatic carbocycles. The molecule has 0 spiro atoms. The third-order valence-electron chi connectivity index (χ3n) is 4.27. The summed E-state index contributed by atoms with van der Waals surface area (Å²) < 4.78 is 40.2. The molecule has 2 aromatic rings. The van der Waals surface area contributed by atoms with Crippen molar-refractivity contribution in [3.8, 4) is 0 Å². The smallest absolute Gasteiger partial charge is 0.326 e. The summed E-state index contributed by atoms with van der Waals surface area (Å²) in [5, 5.41) is 8.90. The molecule has 27 heavy (non-hydrogen) atoms. The van der Waals surface area contributed by atoms with Crippen molar-refractivity contribution in [1.29, 1.82) is 0 Å². The molecule has 1 unspecified atom stereocenters. The molecule has 0 bridgehead atoms. The van der Waals surface area contributed by atoms with Gasteiger partial charge in [-0.15, -0.1) is 0 Å². The van der Waals surface area contributed by atoms with Crippen LogP contribution in [0.15, 0.2) is 30.3 Å². The van der Waals surface area contributed by atoms with Gasteiger partial charge in [-0.2, -0.15) is 18.3 Å². The lowest BCUT2D eigenvalue weighted by molar-refractivity contribution is -0.141. The number of anilines is 2. The Bertz CT molecular complexity index is 854. The van der Waals surface area contributed by atoms with E-state index in [9.17, 15) is 22.8 Å². The third kappa shape index (κ3) is 4.47. The second-order valence-electron chi connectivity index (χ2n) is 6.59. The molecule has 1 atom stereocenters. The first-order valence-corrected chi connectivity index (χ1v) is 8.50. The maximum atomic E-state index is 13.0. The van der Waals surface area contributed by atoms with E-state index in [0.717, 1.165) is 18.9 Å². The topological polar surface area (TPSA) is 76.0 Å². The molecule has 6 nitrogen and oxygen atoms in total. The van der Waals surface area contributed by atoms with E-state index >= 15 is 0 Å². The number of hydrogen-bond acceptors (Lipinski definition) is 3. The molecule has 2 amide bonds. The van der Waals surface area contributed by atoms with Gasteiger partial charge in [-0.05, 0) is 50.1 Å². The van der Waals surface area contributed by atoms with Gasteiger partial charge in [-0.1, -0.05) is 0 Å². The van der Waals surface area contributed by atoms with Crippen LogP contribution in [-0.4, -0.2) is 21.6 Å². The van der Waals surface area contributed by atoms with Crippen LogP contribution in [0, 0.1) is 0 Å². The van der Waals surface area contributed by atoms with E-state index in [0.29, 0.717) is 17.1 Å². The highest BCUT2D eigenvalue weighted by Gasteiger charge is 2.39. The standard InChI is InChI=1S/C18H19F3N4O2/c1-10(17(27)23-14-7-5-13(6-8-14)22-11(2)26)25-15(12-3-4-12)9-16(24-25)18(19,20)21/h5-10,12H,3-4H2,1-2H3,(H,22,26)(H,23,27). The number of benzene rings is 1. The van der Waals surface area contributed by atoms with Crippen LogP contribution in [-0.2, 0) is 15.8 Å². The van der Waals surface area contributed by atoms with Gasteiger partial charge in [0.1, 0.15) is 6.04 Å². The van der Waals surface area contributed by atoms with Gasteiger partial charge in [-0.3, -0.25) is 14.3 Å². The van der Waals surface area contributed by atoms with Crippen LogP contribution in [0.3, 0.4) is 0 Å². The van der Waals surface area contributed by atoms with E-state index < -0.39 is 23.8 Å². The average Bonchev–Trinajstić information content (AvgIpc) is 3.32. The van der Waals surface area contributed by atoms with E-state index in [1.165, 1.54) is 18.5 Å². The lowest BCUT2D eigenvalue weighted by Crippen LogP contribution is -2.26. The second-order valence-corrected chi connectivity index (χ2v) is 6.59. The molecular weight excluding hydrogens is 361 g/mol. The van der Waals surface area contributed by atoms with Crippen molar-refractivity contribution in [3.05, 3.63) is 41.7 Å². The van der Waals surface area contributed by atoms with Crippen molar-refractivity contribution in [2.75, 3.05) is 10.6 Å². The number of alkyl halides is 3. The summed E-state index contributed by atoms with van der Waals surface area (Å²) in [7, 11) is 0. The van der Waals surface area contributed by atoms with Crippen molar-refractivity contribution in [3.63, 3.8) is 0 Å². The largest absolute Gasteiger partial charge is 0.435 e. The number of carbonyl (C=O) groups excluding carboxylic acids is 2. The fourth-order valence-electron chi connectivity index (χ4n) is 2.74. The van der Waals surface area contributed by atoms with Gasteiger partial charge in [0.25, 0.3) is 0 Å². The van der Waals surface area contributed by atoms with Crippen LogP contribution in [0.4, 0.5) is 24.5 Å². The SMILES string of the molecule is CC(=O)Nc1ccc(NC(=O)C(C)n2nc(C(F)(F)F)cc2C2CC2)cc1. The van der Waals surface area contributed by atoms with Crippen molar-refractivity contribution in [2.24, 2.45) is 0 Å². The van der Waals surface area contributed by atoms with Gasteiger partial charge in [0.15, 0.2) is 5.69 Å². The minimum Gasteiger partial charge on any atom is -0.326 e. The Hall–Kier alpha value is -2.84. The second kappa shape index (κ2) is 7.05. The molecule has 0 aliphatic heterocycles. The molecule has 1 aromatic heterocycles. The highest BCUT2D eigenvalue weighted by atomic mass is 19.4. The van der Waals surface area contributed by atoms with Gasteiger partial charge in [0, 0.05) is 29.9 Å². The molecule has 9 heteroatoms. The van der Waals surface area contributed by atoms with E-state index in [1.54, 1.807) is 24.3 Å². The van der Waals surface area contributed by atoms with Gasteiger partial charge < -0.3 is 10.6 Å². The summed E-state index contributed by atoms with van der Waals surface area (Å²) in [5.74, 6) is -0.672. The molecule has 0 saturated heterocycles. The van der Waals surface area contributed by atoms with Gasteiger partial charge in [0.2, 0.25) is 11.8 Å². The summed E-state index contributed by atoms with van der Waals surface area (Å²) in [4.78, 5) is 23.5. The zero-order valence-corrected chi connectivity index (χ0v) is 14.8. The number of nitrogens with zero attached hydrogens (tertiary/aromatic N) is 2. The van der Waals surface area contributed by atoms with Crippen LogP contribution < -0.4 is 10.6 Å². The molecule has 3 rings (SSSR count). The van der Waals surface area contributed by atoms with Crippen molar-refractivity contribution in [1.82, 2.24) is 9.78 Å². The highest BCUT2D eigenvalue weighted by Crippen LogP contribution is 2.43. The maximum Gasteiger partial charge on any atom is 0.435 e. The van der Waals surface area contributed by atoms with Crippen molar-refractivity contribution in [2.45, 2.75) is 44.8 Å². The van der Waals surface area contributed by atoms with Gasteiger partial charge >= 0.3 is 6.18 Å². The first-order valence-electron chi connectivity index (χ1n) is 8.50. The molecule has 144 valence electrons. The van der Waals surface area contributed by atoms with Crippen LogP contribution >= 0.6 is 0 Å². The van der Waals surface area contributed by atoms with E-state index in [1.807, 2.05) is 0 Å². The quantitative estimate of drug-likeness (QED) is 0.825. The van der Waals surface area contributed by atoms with Crippen LogP contribution in [0.25, 0.3) is 0 Å². The fraction of sp³-hybridized carbons (Fsp3) is 0.389. The fourth-order valence-corrected chi connectivity index (χ4v) is 2.74. The number of carbonyl (C=O) groups is 2. The zero-order valence-electron chi connectivity index (χ0n) is 14.8. The number of amides is 2. The number of hydrogen-bond donors (Lipinski definition) is 2. The average molecular weight is 380 g/mol. The Kier molecular flexibility index (Phi) is 4.95. The number of nitrogens with one attached hydrogen (secondary N) is 2. The van der Waals surface area contributed by atoms with E-state index in [-0.39, 0.29) is 11.8 Å². The molecule has 1 heterocycles. The van der Waals surface area contributed by atoms with Crippen molar-refractivity contribution >= 4 is 23.2 Å². The van der Waals surface area contributed by atoms with Crippen molar-refractivity contribution < 1.29 is 22.8 Å². The number of aromatic nitrogens is 2. The molecule has 1 fully saturated rings. The van der Waals surface area contributed by atoms with Gasteiger partial charge in [-0.25, -0.2) is 0 Å². The molecular formula is C18H19F3N4O2. The lowest BCUT2D eigenvalue weighted by atomic mass is 10.2. The molecule has 1 aliphatic rings. The minimum absolute atomic E-state index is 0.0146.